The van der Waals surface area contributed by atoms with E-state index in [2.05, 4.69) is 46.0 Å². The fraction of sp³-hybridized carbons (Fsp3) is 0.632. The maximum Gasteiger partial charge on any atom is 0.387 e. The van der Waals surface area contributed by atoms with Gasteiger partial charge in [-0.15, -0.1) is 0 Å². The Hall–Kier alpha value is -1.89. The first-order valence-corrected chi connectivity index (χ1v) is 9.22. The van der Waals surface area contributed by atoms with Gasteiger partial charge in [-0.25, -0.2) is 4.99 Å². The second kappa shape index (κ2) is 9.71. The van der Waals surface area contributed by atoms with E-state index in [4.69, 9.17) is 0 Å². The SMILES string of the molecule is CCNC(=NCc1ccccc1OC(F)F)NC1CN(C(C)C)CC1C. The van der Waals surface area contributed by atoms with Gasteiger partial charge >= 0.3 is 6.61 Å². The number of aliphatic imine (C=N–C) groups is 1. The molecular weight excluding hydrogens is 338 g/mol. The Labute approximate surface area is 154 Å². The van der Waals surface area contributed by atoms with Crippen LogP contribution in [-0.2, 0) is 6.54 Å². The van der Waals surface area contributed by atoms with Crippen molar-refractivity contribution in [1.29, 1.82) is 0 Å². The molecule has 1 aromatic rings. The normalized spacial score (nSPS) is 21.5. The molecule has 1 saturated heterocycles. The molecule has 146 valence electrons. The highest BCUT2D eigenvalue weighted by atomic mass is 19.3. The molecule has 5 nitrogen and oxygen atoms in total. The van der Waals surface area contributed by atoms with Gasteiger partial charge in [-0.3, -0.25) is 4.90 Å². The van der Waals surface area contributed by atoms with E-state index in [1.54, 1.807) is 18.2 Å². The van der Waals surface area contributed by atoms with Crippen molar-refractivity contribution < 1.29 is 13.5 Å². The molecule has 1 aliphatic heterocycles. The van der Waals surface area contributed by atoms with Gasteiger partial charge < -0.3 is 15.4 Å². The molecule has 0 aromatic heterocycles. The Morgan fingerprint density at radius 3 is 2.65 bits per heavy atom. The third-order valence-electron chi connectivity index (χ3n) is 4.63. The predicted molar refractivity (Wildman–Crippen MR) is 101 cm³/mol. The topological polar surface area (TPSA) is 48.9 Å². The third kappa shape index (κ3) is 5.83. The number of hydrogen-bond acceptors (Lipinski definition) is 3. The second-order valence-electron chi connectivity index (χ2n) is 6.96. The van der Waals surface area contributed by atoms with Gasteiger partial charge in [-0.2, -0.15) is 8.78 Å². The van der Waals surface area contributed by atoms with E-state index in [1.165, 1.54) is 6.07 Å². The molecule has 0 spiro atoms. The highest BCUT2D eigenvalue weighted by Crippen LogP contribution is 2.21. The number of rotatable bonds is 7. The summed E-state index contributed by atoms with van der Waals surface area (Å²) in [6.07, 6.45) is 0. The minimum Gasteiger partial charge on any atom is -0.434 e. The summed E-state index contributed by atoms with van der Waals surface area (Å²) in [6.45, 7) is 8.83. The van der Waals surface area contributed by atoms with Gasteiger partial charge in [0.05, 0.1) is 6.54 Å². The number of para-hydroxylation sites is 1. The molecule has 2 rings (SSSR count). The standard InChI is InChI=1S/C19H30F2N4O/c1-5-22-19(24-16-12-25(13(2)3)11-14(16)4)23-10-15-8-6-7-9-17(15)26-18(20)21/h6-9,13-14,16,18H,5,10-12H2,1-4H3,(H2,22,23,24). The first-order valence-electron chi connectivity index (χ1n) is 9.22. The maximum absolute atomic E-state index is 12.5. The first kappa shape index (κ1) is 20.4. The Kier molecular flexibility index (Phi) is 7.63. The van der Waals surface area contributed by atoms with Gasteiger partial charge in [0.15, 0.2) is 5.96 Å². The smallest absolute Gasteiger partial charge is 0.387 e. The van der Waals surface area contributed by atoms with Crippen LogP contribution in [0.1, 0.15) is 33.3 Å². The molecule has 7 heteroatoms. The summed E-state index contributed by atoms with van der Waals surface area (Å²) in [5.41, 5.74) is 0.633. The summed E-state index contributed by atoms with van der Waals surface area (Å²) < 4.78 is 29.7. The van der Waals surface area contributed by atoms with Gasteiger partial charge in [-0.1, -0.05) is 25.1 Å². The number of nitrogens with zero attached hydrogens (tertiary/aromatic N) is 2. The number of alkyl halides is 2. The quantitative estimate of drug-likeness (QED) is 0.574. The summed E-state index contributed by atoms with van der Waals surface area (Å²) in [5.74, 6) is 1.37. The average Bonchev–Trinajstić information content (AvgIpc) is 2.94. The van der Waals surface area contributed by atoms with Gasteiger partial charge in [0, 0.05) is 37.3 Å². The van der Waals surface area contributed by atoms with Crippen LogP contribution < -0.4 is 15.4 Å². The van der Waals surface area contributed by atoms with Crippen molar-refractivity contribution >= 4 is 5.96 Å². The van der Waals surface area contributed by atoms with Crippen LogP contribution in [0.25, 0.3) is 0 Å². The number of likely N-dealkylation sites (tertiary alicyclic amines) is 1. The molecule has 1 aromatic carbocycles. The van der Waals surface area contributed by atoms with Crippen molar-refractivity contribution in [3.05, 3.63) is 29.8 Å². The fourth-order valence-electron chi connectivity index (χ4n) is 3.12. The Bertz CT molecular complexity index is 595. The highest BCUT2D eigenvalue weighted by Gasteiger charge is 2.31. The van der Waals surface area contributed by atoms with Crippen LogP contribution in [0.4, 0.5) is 8.78 Å². The van der Waals surface area contributed by atoms with E-state index in [9.17, 15) is 8.78 Å². The summed E-state index contributed by atoms with van der Waals surface area (Å²) in [5, 5.41) is 6.73. The van der Waals surface area contributed by atoms with E-state index in [-0.39, 0.29) is 12.3 Å². The van der Waals surface area contributed by atoms with Crippen LogP contribution in [0, 0.1) is 5.92 Å². The van der Waals surface area contributed by atoms with Gasteiger partial charge in [0.1, 0.15) is 5.75 Å². The summed E-state index contributed by atoms with van der Waals surface area (Å²) in [4.78, 5) is 7.01. The number of halogens is 2. The zero-order valence-electron chi connectivity index (χ0n) is 16.0. The maximum atomic E-state index is 12.5. The number of ether oxygens (including phenoxy) is 1. The average molecular weight is 368 g/mol. The van der Waals surface area contributed by atoms with E-state index >= 15 is 0 Å². The molecule has 0 radical (unpaired) electrons. The molecule has 2 atom stereocenters. The van der Waals surface area contributed by atoms with Crippen LogP contribution in [0.3, 0.4) is 0 Å². The molecule has 0 saturated carbocycles. The van der Waals surface area contributed by atoms with Crippen LogP contribution in [0.15, 0.2) is 29.3 Å². The van der Waals surface area contributed by atoms with Crippen LogP contribution in [0.2, 0.25) is 0 Å². The number of nitrogens with one attached hydrogen (secondary N) is 2. The predicted octanol–water partition coefficient (Wildman–Crippen LogP) is 3.07. The second-order valence-corrected chi connectivity index (χ2v) is 6.96. The van der Waals surface area contributed by atoms with E-state index in [0.717, 1.165) is 19.6 Å². The van der Waals surface area contributed by atoms with Crippen LogP contribution in [-0.4, -0.2) is 49.2 Å². The van der Waals surface area contributed by atoms with Crippen molar-refractivity contribution in [1.82, 2.24) is 15.5 Å². The molecule has 1 aliphatic rings. The Morgan fingerprint density at radius 2 is 2.04 bits per heavy atom. The number of guanidine groups is 1. The van der Waals surface area contributed by atoms with E-state index in [0.29, 0.717) is 29.5 Å². The minimum atomic E-state index is -2.84. The molecule has 1 fully saturated rings. The molecule has 1 heterocycles. The van der Waals surface area contributed by atoms with Crippen molar-refractivity contribution in [3.63, 3.8) is 0 Å². The largest absolute Gasteiger partial charge is 0.434 e. The monoisotopic (exact) mass is 368 g/mol. The molecule has 0 aliphatic carbocycles. The molecule has 2 N–H and O–H groups in total. The number of hydrogen-bond donors (Lipinski definition) is 2. The van der Waals surface area contributed by atoms with Crippen molar-refractivity contribution in [2.24, 2.45) is 10.9 Å². The Balaban J connectivity index is 2.05. The summed E-state index contributed by atoms with van der Waals surface area (Å²) >= 11 is 0. The molecular formula is C19H30F2N4O. The lowest BCUT2D eigenvalue weighted by Gasteiger charge is -2.22. The summed E-state index contributed by atoms with van der Waals surface area (Å²) in [6, 6.07) is 7.59. The lowest BCUT2D eigenvalue weighted by Crippen LogP contribution is -2.46. The van der Waals surface area contributed by atoms with Crippen LogP contribution >= 0.6 is 0 Å². The zero-order valence-corrected chi connectivity index (χ0v) is 16.0. The molecule has 26 heavy (non-hydrogen) atoms. The van der Waals surface area contributed by atoms with E-state index in [1.807, 2.05) is 6.92 Å². The third-order valence-corrected chi connectivity index (χ3v) is 4.63. The van der Waals surface area contributed by atoms with Gasteiger partial charge in [0.2, 0.25) is 0 Å². The van der Waals surface area contributed by atoms with Crippen LogP contribution in [0.5, 0.6) is 5.75 Å². The summed E-state index contributed by atoms with van der Waals surface area (Å²) in [7, 11) is 0. The molecule has 0 bridgehead atoms. The lowest BCUT2D eigenvalue weighted by molar-refractivity contribution is -0.0504. The molecule has 2 unspecified atom stereocenters. The van der Waals surface area contributed by atoms with Crippen molar-refractivity contribution in [2.45, 2.75) is 52.9 Å². The van der Waals surface area contributed by atoms with Gasteiger partial charge in [-0.05, 0) is 32.8 Å². The number of benzene rings is 1. The molecule has 0 amide bonds. The first-order chi connectivity index (χ1) is 12.4. The van der Waals surface area contributed by atoms with Gasteiger partial charge in [0.25, 0.3) is 0 Å². The minimum absolute atomic E-state index is 0.169. The Morgan fingerprint density at radius 1 is 1.31 bits per heavy atom. The van der Waals surface area contributed by atoms with Crippen molar-refractivity contribution in [3.8, 4) is 5.75 Å². The zero-order chi connectivity index (χ0) is 19.1. The van der Waals surface area contributed by atoms with Crippen molar-refractivity contribution in [2.75, 3.05) is 19.6 Å². The lowest BCUT2D eigenvalue weighted by atomic mass is 10.1. The fourth-order valence-corrected chi connectivity index (χ4v) is 3.12. The van der Waals surface area contributed by atoms with E-state index < -0.39 is 6.61 Å². The highest BCUT2D eigenvalue weighted by molar-refractivity contribution is 5.80.